The monoisotopic (exact) mass is 349 g/mol. The molecule has 2 atom stereocenters. The minimum atomic E-state index is -0.603. The van der Waals surface area contributed by atoms with E-state index in [-0.39, 0.29) is 18.7 Å². The molecule has 2 aromatic heterocycles. The highest BCUT2D eigenvalue weighted by Crippen LogP contribution is 2.25. The Kier molecular flexibility index (Phi) is 5.59. The molecular weight excluding hydrogens is 330 g/mol. The molecule has 0 aliphatic carbocycles. The summed E-state index contributed by atoms with van der Waals surface area (Å²) in [6.07, 6.45) is 8.46. The summed E-state index contributed by atoms with van der Waals surface area (Å²) >= 11 is 0. The number of hydrogen-bond acceptors (Lipinski definition) is 5. The quantitative estimate of drug-likeness (QED) is 0.590. The first kappa shape index (κ1) is 17.6. The molecule has 0 bridgehead atoms. The van der Waals surface area contributed by atoms with Crippen molar-refractivity contribution < 1.29 is 14.3 Å². The van der Waals surface area contributed by atoms with E-state index in [4.69, 9.17) is 11.2 Å². The van der Waals surface area contributed by atoms with E-state index in [2.05, 4.69) is 15.9 Å². The van der Waals surface area contributed by atoms with Crippen LogP contribution in [0, 0.1) is 18.3 Å². The van der Waals surface area contributed by atoms with Gasteiger partial charge in [-0.1, -0.05) is 12.1 Å². The van der Waals surface area contributed by atoms with Crippen LogP contribution < -0.4 is 0 Å². The van der Waals surface area contributed by atoms with Gasteiger partial charge >= 0.3 is 5.97 Å². The number of aromatic nitrogens is 2. The molecule has 1 aliphatic heterocycles. The van der Waals surface area contributed by atoms with Crippen molar-refractivity contribution in [2.24, 2.45) is 5.92 Å². The van der Waals surface area contributed by atoms with Gasteiger partial charge in [-0.05, 0) is 24.3 Å². The van der Waals surface area contributed by atoms with E-state index in [1.807, 2.05) is 24.3 Å². The van der Waals surface area contributed by atoms with Crippen LogP contribution in [-0.4, -0.2) is 33.3 Å². The summed E-state index contributed by atoms with van der Waals surface area (Å²) in [6.45, 7) is 0.705. The summed E-state index contributed by atoms with van der Waals surface area (Å²) in [5.74, 6) is 1.50. The summed E-state index contributed by atoms with van der Waals surface area (Å²) < 4.78 is 5.57. The smallest absolute Gasteiger partial charge is 0.311 e. The number of esters is 1. The average Bonchev–Trinajstić information content (AvgIpc) is 3.03. The number of pyridine rings is 2. The van der Waals surface area contributed by atoms with Crippen molar-refractivity contribution in [3.63, 3.8) is 0 Å². The van der Waals surface area contributed by atoms with Crippen LogP contribution in [0.4, 0.5) is 0 Å². The zero-order valence-electron chi connectivity index (χ0n) is 14.2. The van der Waals surface area contributed by atoms with Gasteiger partial charge in [0.1, 0.15) is 0 Å². The van der Waals surface area contributed by atoms with Gasteiger partial charge in [-0.25, -0.2) is 0 Å². The van der Waals surface area contributed by atoms with Crippen LogP contribution in [0.3, 0.4) is 0 Å². The second kappa shape index (κ2) is 8.26. The lowest BCUT2D eigenvalue weighted by Crippen LogP contribution is -2.27. The Balaban J connectivity index is 1.63. The number of carbonyl (C=O) groups is 2. The number of ether oxygens (including phenoxy) is 1. The Morgan fingerprint density at radius 3 is 2.69 bits per heavy atom. The standard InChI is InChI=1S/C20H19N3O3/c1-2-7-18(17-9-4-6-11-22-17)26-20(25)15-12-19(24)23(13-15)14-16-8-3-5-10-21-16/h1,3-6,8-11,15,18H,7,12-14H2/t15-,18-/m1/s1. The molecule has 1 aliphatic rings. The largest absolute Gasteiger partial charge is 0.455 e. The number of carbonyl (C=O) groups excluding carboxylic acids is 2. The number of nitrogens with zero attached hydrogens (tertiary/aromatic N) is 3. The van der Waals surface area contributed by atoms with Gasteiger partial charge in [-0.3, -0.25) is 19.6 Å². The Hall–Kier alpha value is -3.20. The fraction of sp³-hybridized carbons (Fsp3) is 0.300. The number of likely N-dealkylation sites (tertiary alicyclic amines) is 1. The molecule has 1 amide bonds. The van der Waals surface area contributed by atoms with E-state index in [9.17, 15) is 9.59 Å². The molecule has 132 valence electrons. The first-order valence-electron chi connectivity index (χ1n) is 8.40. The van der Waals surface area contributed by atoms with Gasteiger partial charge in [0.25, 0.3) is 0 Å². The summed E-state index contributed by atoms with van der Waals surface area (Å²) in [5.41, 5.74) is 1.39. The van der Waals surface area contributed by atoms with Crippen molar-refractivity contribution in [2.75, 3.05) is 6.54 Å². The fourth-order valence-corrected chi connectivity index (χ4v) is 2.89. The number of amides is 1. The lowest BCUT2D eigenvalue weighted by Gasteiger charge is -2.18. The molecular formula is C20H19N3O3. The maximum absolute atomic E-state index is 12.5. The normalized spacial score (nSPS) is 17.6. The molecule has 0 N–H and O–H groups in total. The van der Waals surface area contributed by atoms with E-state index in [0.29, 0.717) is 18.8 Å². The predicted molar refractivity (Wildman–Crippen MR) is 94.3 cm³/mol. The molecule has 0 spiro atoms. The molecule has 6 nitrogen and oxygen atoms in total. The lowest BCUT2D eigenvalue weighted by molar-refractivity contribution is -0.154. The van der Waals surface area contributed by atoms with Gasteiger partial charge in [-0.15, -0.1) is 12.3 Å². The zero-order valence-corrected chi connectivity index (χ0v) is 14.2. The molecule has 0 unspecified atom stereocenters. The molecule has 3 rings (SSSR count). The van der Waals surface area contributed by atoms with Crippen molar-refractivity contribution in [3.8, 4) is 12.3 Å². The van der Waals surface area contributed by atoms with E-state index < -0.39 is 18.0 Å². The second-order valence-corrected chi connectivity index (χ2v) is 6.08. The lowest BCUT2D eigenvalue weighted by atomic mass is 10.1. The minimum absolute atomic E-state index is 0.0797. The molecule has 0 saturated carbocycles. The van der Waals surface area contributed by atoms with E-state index in [1.54, 1.807) is 29.4 Å². The SMILES string of the molecule is C#CC[C@@H](OC(=O)[C@@H]1CC(=O)N(Cc2ccccn2)C1)c1ccccn1. The van der Waals surface area contributed by atoms with Gasteiger partial charge in [0.15, 0.2) is 6.10 Å². The van der Waals surface area contributed by atoms with E-state index in [1.165, 1.54) is 0 Å². The summed E-state index contributed by atoms with van der Waals surface area (Å²) in [5, 5.41) is 0. The van der Waals surface area contributed by atoms with Gasteiger partial charge in [0.05, 0.1) is 30.3 Å². The third kappa shape index (κ3) is 4.25. The highest BCUT2D eigenvalue weighted by molar-refractivity contribution is 5.86. The molecule has 6 heteroatoms. The van der Waals surface area contributed by atoms with Gasteiger partial charge < -0.3 is 9.64 Å². The van der Waals surface area contributed by atoms with Crippen LogP contribution in [0.1, 0.15) is 30.3 Å². The molecule has 0 radical (unpaired) electrons. The average molecular weight is 349 g/mol. The summed E-state index contributed by atoms with van der Waals surface area (Å²) in [6, 6.07) is 10.9. The maximum atomic E-state index is 12.5. The molecule has 26 heavy (non-hydrogen) atoms. The van der Waals surface area contributed by atoms with Crippen LogP contribution in [0.2, 0.25) is 0 Å². The highest BCUT2D eigenvalue weighted by atomic mass is 16.5. The van der Waals surface area contributed by atoms with E-state index in [0.717, 1.165) is 5.69 Å². The van der Waals surface area contributed by atoms with Crippen molar-refractivity contribution in [1.29, 1.82) is 0 Å². The van der Waals surface area contributed by atoms with Gasteiger partial charge in [0.2, 0.25) is 5.91 Å². The Bertz CT molecular complexity index is 802. The van der Waals surface area contributed by atoms with Crippen molar-refractivity contribution in [3.05, 3.63) is 60.2 Å². The molecule has 1 saturated heterocycles. The number of hydrogen-bond donors (Lipinski definition) is 0. The number of terminal acetylenes is 1. The van der Waals surface area contributed by atoms with Crippen molar-refractivity contribution >= 4 is 11.9 Å². The van der Waals surface area contributed by atoms with Crippen LogP contribution >= 0.6 is 0 Å². The van der Waals surface area contributed by atoms with Crippen LogP contribution in [0.25, 0.3) is 0 Å². The Labute approximate surface area is 152 Å². The Morgan fingerprint density at radius 2 is 2.04 bits per heavy atom. The van der Waals surface area contributed by atoms with Crippen molar-refractivity contribution in [1.82, 2.24) is 14.9 Å². The van der Waals surface area contributed by atoms with Crippen LogP contribution in [0.15, 0.2) is 48.8 Å². The van der Waals surface area contributed by atoms with E-state index >= 15 is 0 Å². The molecule has 2 aromatic rings. The molecule has 1 fully saturated rings. The maximum Gasteiger partial charge on any atom is 0.311 e. The molecule has 0 aromatic carbocycles. The first-order chi connectivity index (χ1) is 12.7. The third-order valence-electron chi connectivity index (χ3n) is 4.21. The van der Waals surface area contributed by atoms with Crippen LogP contribution in [0.5, 0.6) is 0 Å². The summed E-state index contributed by atoms with van der Waals surface area (Å²) in [4.78, 5) is 34.8. The molecule has 3 heterocycles. The summed E-state index contributed by atoms with van der Waals surface area (Å²) in [7, 11) is 0. The topological polar surface area (TPSA) is 72.4 Å². The minimum Gasteiger partial charge on any atom is -0.455 e. The predicted octanol–water partition coefficient (Wildman–Crippen LogP) is 2.13. The van der Waals surface area contributed by atoms with Crippen molar-refractivity contribution in [2.45, 2.75) is 25.5 Å². The fourth-order valence-electron chi connectivity index (χ4n) is 2.89. The van der Waals surface area contributed by atoms with Crippen LogP contribution in [-0.2, 0) is 20.9 Å². The highest BCUT2D eigenvalue weighted by Gasteiger charge is 2.36. The first-order valence-corrected chi connectivity index (χ1v) is 8.40. The van der Waals surface area contributed by atoms with Gasteiger partial charge in [-0.2, -0.15) is 0 Å². The number of rotatable bonds is 6. The zero-order chi connectivity index (χ0) is 18.4. The second-order valence-electron chi connectivity index (χ2n) is 6.08. The Morgan fingerprint density at radius 1 is 1.27 bits per heavy atom. The third-order valence-corrected chi connectivity index (χ3v) is 4.21. The van der Waals surface area contributed by atoms with Gasteiger partial charge in [0, 0.05) is 25.4 Å².